The zero-order valence-electron chi connectivity index (χ0n) is 6.60. The Hall–Kier alpha value is -1.64. The summed E-state index contributed by atoms with van der Waals surface area (Å²) in [6, 6.07) is -1.32. The van der Waals surface area contributed by atoms with Gasteiger partial charge in [0, 0.05) is 6.08 Å². The van der Waals surface area contributed by atoms with Gasteiger partial charge in [-0.05, 0) is 6.08 Å². The van der Waals surface area contributed by atoms with Crippen molar-refractivity contribution in [2.45, 2.75) is 5.67 Å². The van der Waals surface area contributed by atoms with Gasteiger partial charge in [0.2, 0.25) is 5.67 Å². The van der Waals surface area contributed by atoms with Crippen molar-refractivity contribution in [3.05, 3.63) is 23.8 Å². The maximum Gasteiger partial charge on any atom is 0.313 e. The first kappa shape index (κ1) is 10.4. The van der Waals surface area contributed by atoms with Crippen LogP contribution in [0.2, 0.25) is 0 Å². The molecule has 1 aliphatic carbocycles. The molecule has 0 N–H and O–H groups in total. The van der Waals surface area contributed by atoms with Gasteiger partial charge in [-0.2, -0.15) is 9.65 Å². The van der Waals surface area contributed by atoms with E-state index in [1.54, 1.807) is 0 Å². The smallest absolute Gasteiger partial charge is 0.260 e. The van der Waals surface area contributed by atoms with E-state index in [9.17, 15) is 22.4 Å². The van der Waals surface area contributed by atoms with Crippen LogP contribution in [0.5, 0.6) is 0 Å². The summed E-state index contributed by atoms with van der Waals surface area (Å²) < 4.78 is 50.4. The molecule has 1 rings (SSSR count). The molecular weight excluding hydrogens is 202 g/mol. The number of rotatable bonds is 1. The van der Waals surface area contributed by atoms with Gasteiger partial charge in [0.25, 0.3) is 0 Å². The van der Waals surface area contributed by atoms with Gasteiger partial charge in [0.05, 0.1) is 0 Å². The first-order valence-corrected chi connectivity index (χ1v) is 3.46. The second-order valence-corrected chi connectivity index (χ2v) is 2.67. The Morgan fingerprint density at radius 3 is 2.50 bits per heavy atom. The van der Waals surface area contributed by atoms with Crippen LogP contribution < -0.4 is 0 Å². The fourth-order valence-corrected chi connectivity index (χ4v) is 1.02. The Morgan fingerprint density at radius 2 is 2.07 bits per heavy atom. The zero-order chi connectivity index (χ0) is 10.9. The monoisotopic (exact) mass is 205 g/mol. The van der Waals surface area contributed by atoms with E-state index in [0.29, 0.717) is 0 Å². The number of carbonyl (C=O) groups is 1. The summed E-state index contributed by atoms with van der Waals surface area (Å²) in [7, 11) is 0. The summed E-state index contributed by atoms with van der Waals surface area (Å²) in [5.74, 6) is -5.41. The van der Waals surface area contributed by atoms with Crippen LogP contribution in [0.3, 0.4) is 0 Å². The van der Waals surface area contributed by atoms with Gasteiger partial charge in [-0.25, -0.2) is 13.2 Å². The van der Waals surface area contributed by atoms with Gasteiger partial charge in [-0.15, -0.1) is 0 Å². The number of nitriles is 1. The SMILES string of the molecule is N#CC1(F)C=C(F)C(F)=CC1C(=O)F. The van der Waals surface area contributed by atoms with Gasteiger partial charge in [0.1, 0.15) is 12.0 Å². The minimum Gasteiger partial charge on any atom is -0.260 e. The molecule has 0 saturated carbocycles. The number of alkyl halides is 1. The normalized spacial score (nSPS) is 31.5. The Morgan fingerprint density at radius 1 is 1.50 bits per heavy atom. The van der Waals surface area contributed by atoms with Crippen molar-refractivity contribution in [1.29, 1.82) is 5.26 Å². The summed E-state index contributed by atoms with van der Waals surface area (Å²) in [6.07, 6.45) is 0.0609. The lowest BCUT2D eigenvalue weighted by molar-refractivity contribution is -0.134. The summed E-state index contributed by atoms with van der Waals surface area (Å²) in [6.45, 7) is 0. The van der Waals surface area contributed by atoms with Crippen molar-refractivity contribution in [1.82, 2.24) is 0 Å². The number of halogens is 4. The molecule has 0 bridgehead atoms. The first-order valence-electron chi connectivity index (χ1n) is 3.46. The molecule has 0 aliphatic heterocycles. The third-order valence-electron chi connectivity index (χ3n) is 1.75. The number of carbonyl (C=O) groups excluding carboxylic acids is 1. The summed E-state index contributed by atoms with van der Waals surface area (Å²) in [5, 5.41) is 8.27. The fourth-order valence-electron chi connectivity index (χ4n) is 1.02. The van der Waals surface area contributed by atoms with E-state index in [1.165, 1.54) is 0 Å². The number of nitrogens with zero attached hydrogens (tertiary/aromatic N) is 1. The van der Waals surface area contributed by atoms with Crippen LogP contribution in [-0.4, -0.2) is 11.7 Å². The second kappa shape index (κ2) is 3.25. The molecule has 14 heavy (non-hydrogen) atoms. The van der Waals surface area contributed by atoms with Crippen LogP contribution in [0.25, 0.3) is 0 Å². The van der Waals surface area contributed by atoms with Crippen LogP contribution in [0.4, 0.5) is 17.6 Å². The van der Waals surface area contributed by atoms with Gasteiger partial charge in [-0.1, -0.05) is 0 Å². The van der Waals surface area contributed by atoms with E-state index in [1.807, 2.05) is 0 Å². The number of hydrogen-bond donors (Lipinski definition) is 0. The summed E-state index contributed by atoms with van der Waals surface area (Å²) in [5.41, 5.74) is -3.16. The predicted molar refractivity (Wildman–Crippen MR) is 37.4 cm³/mol. The molecule has 74 valence electrons. The van der Waals surface area contributed by atoms with Crippen molar-refractivity contribution in [3.63, 3.8) is 0 Å². The highest BCUT2D eigenvalue weighted by Crippen LogP contribution is 2.35. The molecular formula is C8H3F4NO. The summed E-state index contributed by atoms with van der Waals surface area (Å²) in [4.78, 5) is 10.2. The highest BCUT2D eigenvalue weighted by molar-refractivity contribution is 5.77. The standard InChI is InChI=1S/C8H3F4NO/c9-5-1-4(7(11)14)8(12,3-13)2-6(5)10/h1-2,4H. The molecule has 2 nitrogen and oxygen atoms in total. The second-order valence-electron chi connectivity index (χ2n) is 2.67. The van der Waals surface area contributed by atoms with E-state index in [-0.39, 0.29) is 12.2 Å². The molecule has 2 atom stereocenters. The van der Waals surface area contributed by atoms with Gasteiger partial charge in [-0.3, -0.25) is 4.79 Å². The van der Waals surface area contributed by atoms with Crippen molar-refractivity contribution in [2.24, 2.45) is 5.92 Å². The maximum absolute atomic E-state index is 13.3. The molecule has 6 heteroatoms. The van der Waals surface area contributed by atoms with Crippen LogP contribution in [-0.2, 0) is 4.79 Å². The molecule has 0 radical (unpaired) electrons. The van der Waals surface area contributed by atoms with Crippen LogP contribution in [0, 0.1) is 17.2 Å². The van der Waals surface area contributed by atoms with E-state index < -0.39 is 29.3 Å². The Labute approximate surface area is 76.1 Å². The van der Waals surface area contributed by atoms with Gasteiger partial charge < -0.3 is 0 Å². The predicted octanol–water partition coefficient (Wildman–Crippen LogP) is 2.05. The minimum atomic E-state index is -3.16. The quantitative estimate of drug-likeness (QED) is 0.485. The van der Waals surface area contributed by atoms with E-state index in [2.05, 4.69) is 0 Å². The molecule has 0 aromatic rings. The lowest BCUT2D eigenvalue weighted by atomic mass is 9.86. The van der Waals surface area contributed by atoms with Crippen molar-refractivity contribution >= 4 is 6.04 Å². The van der Waals surface area contributed by atoms with Crippen LogP contribution in [0.15, 0.2) is 23.8 Å². The lowest BCUT2D eigenvalue weighted by Gasteiger charge is -2.21. The molecule has 0 saturated heterocycles. The molecule has 0 fully saturated rings. The van der Waals surface area contributed by atoms with Crippen LogP contribution in [0.1, 0.15) is 0 Å². The maximum atomic E-state index is 13.3. The number of allylic oxidation sites excluding steroid dienone is 4. The molecule has 2 unspecified atom stereocenters. The fraction of sp³-hybridized carbons (Fsp3) is 0.250. The van der Waals surface area contributed by atoms with E-state index in [0.717, 1.165) is 6.07 Å². The van der Waals surface area contributed by atoms with Crippen molar-refractivity contribution in [2.75, 3.05) is 0 Å². The van der Waals surface area contributed by atoms with Gasteiger partial charge >= 0.3 is 6.04 Å². The summed E-state index contributed by atoms with van der Waals surface area (Å²) >= 11 is 0. The van der Waals surface area contributed by atoms with Gasteiger partial charge in [0.15, 0.2) is 11.7 Å². The van der Waals surface area contributed by atoms with E-state index >= 15 is 0 Å². The average Bonchev–Trinajstić information content (AvgIpc) is 2.11. The Kier molecular flexibility index (Phi) is 2.43. The largest absolute Gasteiger partial charge is 0.313 e. The Balaban J connectivity index is 3.21. The third kappa shape index (κ3) is 1.53. The van der Waals surface area contributed by atoms with Crippen LogP contribution >= 0.6 is 0 Å². The molecule has 1 aliphatic rings. The average molecular weight is 205 g/mol. The van der Waals surface area contributed by atoms with Crippen molar-refractivity contribution < 1.29 is 22.4 Å². The molecule has 0 aromatic carbocycles. The van der Waals surface area contributed by atoms with E-state index in [4.69, 9.17) is 5.26 Å². The molecule has 0 amide bonds. The molecule has 0 heterocycles. The third-order valence-corrected chi connectivity index (χ3v) is 1.75. The van der Waals surface area contributed by atoms with Crippen molar-refractivity contribution in [3.8, 4) is 6.07 Å². The Bertz CT molecular complexity index is 381. The highest BCUT2D eigenvalue weighted by Gasteiger charge is 2.45. The lowest BCUT2D eigenvalue weighted by Crippen LogP contribution is -2.35. The minimum absolute atomic E-state index is 0.0511. The zero-order valence-corrected chi connectivity index (χ0v) is 6.60. The molecule has 0 aromatic heterocycles. The highest BCUT2D eigenvalue weighted by atomic mass is 19.2. The topological polar surface area (TPSA) is 40.9 Å². The number of hydrogen-bond acceptors (Lipinski definition) is 2. The molecule has 0 spiro atoms. The first-order chi connectivity index (χ1) is 6.40.